The van der Waals surface area contributed by atoms with Crippen molar-refractivity contribution in [2.75, 3.05) is 19.1 Å². The molecule has 0 aromatic heterocycles. The first-order valence-corrected chi connectivity index (χ1v) is 8.63. The van der Waals surface area contributed by atoms with Crippen molar-refractivity contribution in [3.05, 3.63) is 52.8 Å². The molecule has 9 heteroatoms. The maximum Gasteiger partial charge on any atom is 0.278 e. The van der Waals surface area contributed by atoms with E-state index in [1.807, 2.05) is 0 Å². The van der Waals surface area contributed by atoms with Gasteiger partial charge in [-0.1, -0.05) is 16.8 Å². The first-order chi connectivity index (χ1) is 13.5. The van der Waals surface area contributed by atoms with Gasteiger partial charge in [0.25, 0.3) is 5.91 Å². The number of carbonyl (C=O) groups excluding carboxylic acids is 2. The van der Waals surface area contributed by atoms with Crippen LogP contribution in [-0.4, -0.2) is 37.8 Å². The standard InChI is InChI=1S/C19H14ClFN2O5/c1-26-13-6-3-9(7-14(13)27-2)16-15-17(28-22-16)19(25)23(18(15)24)10-4-5-12(21)11(20)8-10/h3-8,15,17H,1-2H3/t15-,17+/m1/s1. The van der Waals surface area contributed by atoms with Gasteiger partial charge in [0.1, 0.15) is 17.4 Å². The highest BCUT2D eigenvalue weighted by Gasteiger charge is 2.56. The SMILES string of the molecule is COc1ccc(C2=NO[C@@H]3C(=O)N(c4ccc(F)c(Cl)c4)C(=O)[C@H]23)cc1OC. The van der Waals surface area contributed by atoms with E-state index in [1.165, 1.54) is 26.4 Å². The summed E-state index contributed by atoms with van der Waals surface area (Å²) in [7, 11) is 3.00. The third-order valence-electron chi connectivity index (χ3n) is 4.65. The van der Waals surface area contributed by atoms with Crippen LogP contribution in [0, 0.1) is 11.7 Å². The molecule has 0 aliphatic carbocycles. The molecule has 4 rings (SSSR count). The molecule has 144 valence electrons. The van der Waals surface area contributed by atoms with Crippen molar-refractivity contribution in [1.29, 1.82) is 0 Å². The second-order valence-electron chi connectivity index (χ2n) is 6.16. The maximum atomic E-state index is 13.4. The van der Waals surface area contributed by atoms with E-state index < -0.39 is 29.7 Å². The van der Waals surface area contributed by atoms with Gasteiger partial charge >= 0.3 is 0 Å². The number of imide groups is 1. The fourth-order valence-electron chi connectivity index (χ4n) is 3.29. The lowest BCUT2D eigenvalue weighted by atomic mass is 9.94. The third-order valence-corrected chi connectivity index (χ3v) is 4.94. The molecule has 0 saturated carbocycles. The van der Waals surface area contributed by atoms with Crippen molar-refractivity contribution in [2.45, 2.75) is 6.10 Å². The summed E-state index contributed by atoms with van der Waals surface area (Å²) >= 11 is 5.79. The molecule has 2 atom stereocenters. The molecule has 0 unspecified atom stereocenters. The molecular weight excluding hydrogens is 391 g/mol. The Morgan fingerprint density at radius 2 is 1.82 bits per heavy atom. The monoisotopic (exact) mass is 404 g/mol. The summed E-state index contributed by atoms with van der Waals surface area (Å²) in [5, 5.41) is 3.76. The Morgan fingerprint density at radius 3 is 2.50 bits per heavy atom. The van der Waals surface area contributed by atoms with Gasteiger partial charge in [0, 0.05) is 5.56 Å². The molecule has 0 radical (unpaired) electrons. The van der Waals surface area contributed by atoms with Crippen LogP contribution in [0.4, 0.5) is 10.1 Å². The molecule has 0 N–H and O–H groups in total. The summed E-state index contributed by atoms with van der Waals surface area (Å²) in [5.74, 6) is -1.72. The highest BCUT2D eigenvalue weighted by molar-refractivity contribution is 6.34. The van der Waals surface area contributed by atoms with E-state index >= 15 is 0 Å². The predicted molar refractivity (Wildman–Crippen MR) is 98.3 cm³/mol. The Balaban J connectivity index is 1.70. The Bertz CT molecular complexity index is 1030. The molecular formula is C19H14ClFN2O5. The van der Waals surface area contributed by atoms with Gasteiger partial charge in [-0.25, -0.2) is 9.29 Å². The molecule has 2 aliphatic rings. The van der Waals surface area contributed by atoms with Crippen molar-refractivity contribution < 1.29 is 28.3 Å². The number of hydrogen-bond acceptors (Lipinski definition) is 6. The van der Waals surface area contributed by atoms with Gasteiger partial charge in [0.2, 0.25) is 12.0 Å². The molecule has 7 nitrogen and oxygen atoms in total. The second kappa shape index (κ2) is 6.79. The largest absolute Gasteiger partial charge is 0.493 e. The third kappa shape index (κ3) is 2.68. The van der Waals surface area contributed by atoms with E-state index in [0.29, 0.717) is 22.8 Å². The number of methoxy groups -OCH3 is 2. The quantitative estimate of drug-likeness (QED) is 0.732. The molecule has 2 heterocycles. The minimum atomic E-state index is -1.08. The molecule has 2 amide bonds. The molecule has 28 heavy (non-hydrogen) atoms. The van der Waals surface area contributed by atoms with E-state index in [9.17, 15) is 14.0 Å². The van der Waals surface area contributed by atoms with Gasteiger partial charge < -0.3 is 14.3 Å². The van der Waals surface area contributed by atoms with Crippen LogP contribution in [0.1, 0.15) is 5.56 Å². The Hall–Kier alpha value is -3.13. The van der Waals surface area contributed by atoms with Crippen molar-refractivity contribution in [3.63, 3.8) is 0 Å². The summed E-state index contributed by atoms with van der Waals surface area (Å²) in [5.41, 5.74) is 1.04. The number of fused-ring (bicyclic) bond motifs is 1. The zero-order valence-electron chi connectivity index (χ0n) is 14.8. The van der Waals surface area contributed by atoms with Gasteiger partial charge in [0.15, 0.2) is 11.5 Å². The van der Waals surface area contributed by atoms with E-state index in [0.717, 1.165) is 11.0 Å². The molecule has 1 saturated heterocycles. The van der Waals surface area contributed by atoms with Gasteiger partial charge in [-0.2, -0.15) is 0 Å². The van der Waals surface area contributed by atoms with Crippen molar-refractivity contribution >= 4 is 34.8 Å². The smallest absolute Gasteiger partial charge is 0.278 e. The molecule has 0 spiro atoms. The predicted octanol–water partition coefficient (Wildman–Crippen LogP) is 2.79. The first kappa shape index (κ1) is 18.2. The maximum absolute atomic E-state index is 13.4. The van der Waals surface area contributed by atoms with E-state index in [4.69, 9.17) is 25.9 Å². The van der Waals surface area contributed by atoms with Crippen LogP contribution in [0.2, 0.25) is 5.02 Å². The summed E-state index contributed by atoms with van der Waals surface area (Å²) < 4.78 is 23.9. The molecule has 2 aromatic rings. The minimum absolute atomic E-state index is 0.172. The number of nitrogens with zero attached hydrogens (tertiary/aromatic N) is 2. The summed E-state index contributed by atoms with van der Waals surface area (Å²) in [6.45, 7) is 0. The zero-order valence-corrected chi connectivity index (χ0v) is 15.6. The molecule has 1 fully saturated rings. The normalized spacial score (nSPS) is 20.7. The van der Waals surface area contributed by atoms with Crippen LogP contribution < -0.4 is 14.4 Å². The van der Waals surface area contributed by atoms with Gasteiger partial charge in [-0.3, -0.25) is 9.59 Å². The summed E-state index contributed by atoms with van der Waals surface area (Å²) in [6, 6.07) is 8.64. The molecule has 0 bridgehead atoms. The van der Waals surface area contributed by atoms with E-state index in [1.54, 1.807) is 18.2 Å². The summed E-state index contributed by atoms with van der Waals surface area (Å²) in [4.78, 5) is 31.9. The fraction of sp³-hybridized carbons (Fsp3) is 0.211. The number of anilines is 1. The minimum Gasteiger partial charge on any atom is -0.493 e. The van der Waals surface area contributed by atoms with Crippen molar-refractivity contribution in [2.24, 2.45) is 11.1 Å². The van der Waals surface area contributed by atoms with Crippen LogP contribution in [0.3, 0.4) is 0 Å². The van der Waals surface area contributed by atoms with E-state index in [2.05, 4.69) is 5.16 Å². The van der Waals surface area contributed by atoms with Crippen molar-refractivity contribution in [1.82, 2.24) is 0 Å². The lowest BCUT2D eigenvalue weighted by Crippen LogP contribution is -2.33. The van der Waals surface area contributed by atoms with Gasteiger partial charge in [0.05, 0.1) is 24.9 Å². The Labute approximate surface area is 164 Å². The number of amides is 2. The van der Waals surface area contributed by atoms with Crippen LogP contribution in [0.25, 0.3) is 0 Å². The lowest BCUT2D eigenvalue weighted by molar-refractivity contribution is -0.126. The number of hydrogen-bond donors (Lipinski definition) is 0. The molecule has 2 aliphatic heterocycles. The number of oxime groups is 1. The topological polar surface area (TPSA) is 77.4 Å². The van der Waals surface area contributed by atoms with Crippen LogP contribution in [0.5, 0.6) is 11.5 Å². The van der Waals surface area contributed by atoms with Crippen LogP contribution in [-0.2, 0) is 14.4 Å². The van der Waals surface area contributed by atoms with Crippen LogP contribution in [0.15, 0.2) is 41.6 Å². The summed E-state index contributed by atoms with van der Waals surface area (Å²) in [6.07, 6.45) is -1.08. The number of rotatable bonds is 4. The highest BCUT2D eigenvalue weighted by Crippen LogP contribution is 2.37. The lowest BCUT2D eigenvalue weighted by Gasteiger charge is -2.16. The number of halogens is 2. The zero-order chi connectivity index (χ0) is 20.0. The number of ether oxygens (including phenoxy) is 2. The van der Waals surface area contributed by atoms with Crippen LogP contribution >= 0.6 is 11.6 Å². The average Bonchev–Trinajstić information content (AvgIpc) is 3.24. The average molecular weight is 405 g/mol. The van der Waals surface area contributed by atoms with E-state index in [-0.39, 0.29) is 10.7 Å². The van der Waals surface area contributed by atoms with Gasteiger partial charge in [-0.05, 0) is 36.4 Å². The first-order valence-electron chi connectivity index (χ1n) is 8.25. The number of carbonyl (C=O) groups is 2. The van der Waals surface area contributed by atoms with Gasteiger partial charge in [-0.15, -0.1) is 0 Å². The fourth-order valence-corrected chi connectivity index (χ4v) is 3.46. The Kier molecular flexibility index (Phi) is 4.43. The Morgan fingerprint density at radius 1 is 1.07 bits per heavy atom. The molecule has 2 aromatic carbocycles. The number of benzene rings is 2. The van der Waals surface area contributed by atoms with Crippen molar-refractivity contribution in [3.8, 4) is 11.5 Å². The second-order valence-corrected chi connectivity index (χ2v) is 6.57. The highest BCUT2D eigenvalue weighted by atomic mass is 35.5.